The van der Waals surface area contributed by atoms with Crippen molar-refractivity contribution in [1.82, 2.24) is 0 Å². The molecule has 0 aromatic heterocycles. The van der Waals surface area contributed by atoms with Gasteiger partial charge in [0.25, 0.3) is 0 Å². The van der Waals surface area contributed by atoms with E-state index in [0.717, 1.165) is 77.6 Å². The number of rotatable bonds is 16. The van der Waals surface area contributed by atoms with E-state index < -0.39 is 5.97 Å². The van der Waals surface area contributed by atoms with Gasteiger partial charge in [0, 0.05) is 28.2 Å². The quantitative estimate of drug-likeness (QED) is 0.0347. The van der Waals surface area contributed by atoms with E-state index in [1.54, 1.807) is 24.3 Å². The molecule has 0 saturated carbocycles. The molecule has 1 aliphatic heterocycles. The molecule has 2 N–H and O–H groups in total. The monoisotopic (exact) mass is 696 g/mol. The number of nitrogens with one attached hydrogen (secondary N) is 2. The molecule has 9 heteroatoms. The van der Waals surface area contributed by atoms with Crippen LogP contribution in [0.5, 0.6) is 11.5 Å². The maximum absolute atomic E-state index is 12.8. The molecular weight excluding hydrogens is 652 g/mol. The van der Waals surface area contributed by atoms with Crippen LogP contribution in [0.4, 0.5) is 22.7 Å². The molecule has 0 amide bonds. The Bertz CT molecular complexity index is 2030. The number of nitrogens with zero attached hydrogens (tertiary/aromatic N) is 2. The minimum atomic E-state index is -0.424. The molecule has 0 radical (unpaired) electrons. The second kappa shape index (κ2) is 16.8. The fraction of sp³-hybridized carbons (Fsp3) is 0.256. The van der Waals surface area contributed by atoms with Gasteiger partial charge in [-0.25, -0.2) is 9.59 Å². The molecule has 52 heavy (non-hydrogen) atoms. The molecule has 1 heterocycles. The summed E-state index contributed by atoms with van der Waals surface area (Å²) in [5, 5.41) is 18.6. The lowest BCUT2D eigenvalue weighted by atomic mass is 9.95. The fourth-order valence-corrected chi connectivity index (χ4v) is 6.11. The Morgan fingerprint density at radius 1 is 0.769 bits per heavy atom. The zero-order valence-corrected chi connectivity index (χ0v) is 29.7. The lowest BCUT2D eigenvalue weighted by Crippen LogP contribution is -2.45. The Balaban J connectivity index is 0.966. The van der Waals surface area contributed by atoms with Gasteiger partial charge < -0.3 is 24.8 Å². The third-order valence-corrected chi connectivity index (χ3v) is 9.00. The van der Waals surface area contributed by atoms with E-state index in [-0.39, 0.29) is 11.6 Å². The molecule has 6 rings (SSSR count). The second-order valence-electron chi connectivity index (χ2n) is 13.2. The van der Waals surface area contributed by atoms with Gasteiger partial charge in [-0.05, 0) is 125 Å². The molecule has 1 atom stereocenters. The van der Waals surface area contributed by atoms with Gasteiger partial charge in [0.2, 0.25) is 0 Å². The predicted octanol–water partition coefficient (Wildman–Crippen LogP) is 10.6. The molecule has 0 fully saturated rings. The van der Waals surface area contributed by atoms with Crippen molar-refractivity contribution in [1.29, 1.82) is 0 Å². The summed E-state index contributed by atoms with van der Waals surface area (Å²) in [7, 11) is 0. The van der Waals surface area contributed by atoms with Crippen molar-refractivity contribution in [3.63, 3.8) is 0 Å². The van der Waals surface area contributed by atoms with Crippen LogP contribution < -0.4 is 20.1 Å². The number of esters is 2. The second-order valence-corrected chi connectivity index (χ2v) is 13.2. The summed E-state index contributed by atoms with van der Waals surface area (Å²) in [6.45, 7) is 8.58. The summed E-state index contributed by atoms with van der Waals surface area (Å²) in [5.74, 6) is 0.374. The maximum atomic E-state index is 12.8. The van der Waals surface area contributed by atoms with Crippen LogP contribution >= 0.6 is 0 Å². The third-order valence-electron chi connectivity index (χ3n) is 9.00. The Morgan fingerprint density at radius 3 is 2.19 bits per heavy atom. The highest BCUT2D eigenvalue weighted by Crippen LogP contribution is 2.43. The highest BCUT2D eigenvalue weighted by atomic mass is 16.5. The summed E-state index contributed by atoms with van der Waals surface area (Å²) in [6, 6.07) is 33.0. The number of azo groups is 1. The van der Waals surface area contributed by atoms with Gasteiger partial charge in [-0.1, -0.05) is 48.5 Å². The van der Waals surface area contributed by atoms with Crippen molar-refractivity contribution in [2.45, 2.75) is 58.0 Å². The summed E-state index contributed by atoms with van der Waals surface area (Å²) < 4.78 is 16.4. The van der Waals surface area contributed by atoms with Gasteiger partial charge in [-0.2, -0.15) is 5.11 Å². The Morgan fingerprint density at radius 2 is 1.46 bits per heavy atom. The summed E-state index contributed by atoms with van der Waals surface area (Å²) in [5.41, 5.74) is 6.15. The Kier molecular flexibility index (Phi) is 11.6. The number of carbonyl (C=O) groups is 2. The maximum Gasteiger partial charge on any atom is 0.343 e. The molecule has 9 nitrogen and oxygen atoms in total. The fourth-order valence-electron chi connectivity index (χ4n) is 6.11. The lowest BCUT2D eigenvalue weighted by Gasteiger charge is -2.39. The van der Waals surface area contributed by atoms with E-state index in [2.05, 4.69) is 59.5 Å². The zero-order valence-electron chi connectivity index (χ0n) is 29.7. The highest BCUT2D eigenvalue weighted by molar-refractivity contribution is 6.09. The van der Waals surface area contributed by atoms with Gasteiger partial charge in [-0.15, -0.1) is 5.11 Å². The number of aryl methyl sites for hydroxylation is 2. The predicted molar refractivity (Wildman–Crippen MR) is 206 cm³/mol. The normalized spacial score (nSPS) is 14.7. The summed E-state index contributed by atoms with van der Waals surface area (Å²) in [4.78, 5) is 23.9. The van der Waals surface area contributed by atoms with E-state index in [1.807, 2.05) is 60.7 Å². The molecule has 5 aromatic carbocycles. The van der Waals surface area contributed by atoms with E-state index in [1.165, 1.54) is 11.6 Å². The Hall–Kier alpha value is -5.96. The SMILES string of the molecule is C=CC(=O)OCCCCCCOc1ccc(C(=O)Oc2ccc(CCC3(C)Nc4cccc5c(N=Nc6ccc(C)cc6)ccc(c45)N3)cc2)cc1. The molecule has 1 aliphatic rings. The van der Waals surface area contributed by atoms with Gasteiger partial charge in [0.15, 0.2) is 0 Å². The molecule has 0 aliphatic carbocycles. The van der Waals surface area contributed by atoms with Crippen molar-refractivity contribution in [3.05, 3.63) is 132 Å². The van der Waals surface area contributed by atoms with Crippen molar-refractivity contribution in [2.24, 2.45) is 10.2 Å². The molecular formula is C43H44N4O5. The van der Waals surface area contributed by atoms with Crippen molar-refractivity contribution >= 4 is 45.5 Å². The van der Waals surface area contributed by atoms with E-state index in [0.29, 0.717) is 30.3 Å². The zero-order chi connectivity index (χ0) is 36.3. The Labute approximate surface area is 304 Å². The molecule has 266 valence electrons. The first-order valence-corrected chi connectivity index (χ1v) is 17.7. The average Bonchev–Trinajstić information content (AvgIpc) is 3.16. The number of benzene rings is 5. The molecule has 5 aromatic rings. The number of unbranched alkanes of at least 4 members (excludes halogenated alkanes) is 3. The standard InChI is InChI=1S/C43H44N4O5/c1-4-40(48)51-29-8-6-5-7-28-50-34-22-16-32(17-23-34)42(49)52-35-20-14-31(15-21-35)26-27-43(3)44-38-11-9-10-36-37(24-25-39(45-43)41(36)38)47-46-33-18-12-30(2)13-19-33/h4,9-25,44-45H,1,5-8,26-29H2,2-3H3. The summed E-state index contributed by atoms with van der Waals surface area (Å²) >= 11 is 0. The highest BCUT2D eigenvalue weighted by Gasteiger charge is 2.30. The van der Waals surface area contributed by atoms with Gasteiger partial charge in [0.1, 0.15) is 17.2 Å². The molecule has 0 spiro atoms. The van der Waals surface area contributed by atoms with Crippen LogP contribution in [0.25, 0.3) is 10.8 Å². The topological polar surface area (TPSA) is 111 Å². The van der Waals surface area contributed by atoms with E-state index >= 15 is 0 Å². The summed E-state index contributed by atoms with van der Waals surface area (Å²) in [6.07, 6.45) is 6.42. The van der Waals surface area contributed by atoms with Crippen LogP contribution in [-0.2, 0) is 16.0 Å². The smallest absolute Gasteiger partial charge is 0.343 e. The number of hydrogen-bond donors (Lipinski definition) is 2. The van der Waals surface area contributed by atoms with Crippen LogP contribution in [0.3, 0.4) is 0 Å². The number of hydrogen-bond acceptors (Lipinski definition) is 9. The van der Waals surface area contributed by atoms with Gasteiger partial charge in [-0.3, -0.25) is 0 Å². The van der Waals surface area contributed by atoms with Crippen LogP contribution in [0.15, 0.2) is 126 Å². The largest absolute Gasteiger partial charge is 0.494 e. The van der Waals surface area contributed by atoms with Gasteiger partial charge >= 0.3 is 11.9 Å². The van der Waals surface area contributed by atoms with Gasteiger partial charge in [0.05, 0.1) is 30.2 Å². The first-order valence-electron chi connectivity index (χ1n) is 17.7. The van der Waals surface area contributed by atoms with Crippen LogP contribution in [-0.4, -0.2) is 30.8 Å². The number of ether oxygens (including phenoxy) is 3. The van der Waals surface area contributed by atoms with E-state index in [4.69, 9.17) is 14.2 Å². The van der Waals surface area contributed by atoms with Crippen molar-refractivity contribution in [3.8, 4) is 11.5 Å². The third kappa shape index (κ3) is 9.42. The van der Waals surface area contributed by atoms with Crippen LogP contribution in [0.1, 0.15) is 60.5 Å². The lowest BCUT2D eigenvalue weighted by molar-refractivity contribution is -0.137. The molecule has 0 saturated heterocycles. The number of carbonyl (C=O) groups excluding carboxylic acids is 2. The molecule has 0 bridgehead atoms. The minimum absolute atomic E-state index is 0.378. The first kappa shape index (κ1) is 35.9. The van der Waals surface area contributed by atoms with Crippen molar-refractivity contribution < 1.29 is 23.8 Å². The van der Waals surface area contributed by atoms with Crippen LogP contribution in [0.2, 0.25) is 0 Å². The average molecular weight is 697 g/mol. The number of anilines is 2. The van der Waals surface area contributed by atoms with Crippen LogP contribution in [0, 0.1) is 6.92 Å². The van der Waals surface area contributed by atoms with E-state index in [9.17, 15) is 9.59 Å². The first-order chi connectivity index (χ1) is 25.3. The van der Waals surface area contributed by atoms with Crippen molar-refractivity contribution in [2.75, 3.05) is 23.8 Å². The molecule has 1 unspecified atom stereocenters. The minimum Gasteiger partial charge on any atom is -0.494 e.